The summed E-state index contributed by atoms with van der Waals surface area (Å²) < 4.78 is 45.5. The van der Waals surface area contributed by atoms with Crippen LogP contribution in [0.5, 0.6) is 0 Å². The highest BCUT2D eigenvalue weighted by molar-refractivity contribution is 5.69. The molecule has 0 aliphatic heterocycles. The van der Waals surface area contributed by atoms with Gasteiger partial charge in [-0.1, -0.05) is 13.0 Å². The molecule has 21 heavy (non-hydrogen) atoms. The number of esters is 1. The van der Waals surface area contributed by atoms with Crippen LogP contribution in [-0.2, 0) is 9.53 Å². The Morgan fingerprint density at radius 1 is 1.24 bits per heavy atom. The molecule has 2 atom stereocenters. The summed E-state index contributed by atoms with van der Waals surface area (Å²) in [4.78, 5) is 11.5. The molecule has 0 amide bonds. The van der Waals surface area contributed by atoms with Crippen molar-refractivity contribution in [3.8, 4) is 0 Å². The lowest BCUT2D eigenvalue weighted by molar-refractivity contribution is -0.150. The van der Waals surface area contributed by atoms with Gasteiger partial charge in [-0.25, -0.2) is 13.2 Å². The zero-order valence-electron chi connectivity index (χ0n) is 12.0. The molecule has 0 radical (unpaired) electrons. The molecule has 0 N–H and O–H groups in total. The fraction of sp³-hybridized carbons (Fsp3) is 0.562. The third-order valence-electron chi connectivity index (χ3n) is 3.88. The first-order chi connectivity index (χ1) is 10.0. The van der Waals surface area contributed by atoms with Crippen molar-refractivity contribution in [1.82, 2.24) is 0 Å². The smallest absolute Gasteiger partial charge is 0.306 e. The zero-order valence-corrected chi connectivity index (χ0v) is 12.0. The molecule has 2 unspecified atom stereocenters. The van der Waals surface area contributed by atoms with Crippen molar-refractivity contribution in [2.75, 3.05) is 0 Å². The summed E-state index contributed by atoms with van der Waals surface area (Å²) in [7, 11) is 0. The van der Waals surface area contributed by atoms with Gasteiger partial charge in [0.05, 0.1) is 0 Å². The lowest BCUT2D eigenvalue weighted by Gasteiger charge is -2.29. The topological polar surface area (TPSA) is 26.3 Å². The highest BCUT2D eigenvalue weighted by Crippen LogP contribution is 2.36. The quantitative estimate of drug-likeness (QED) is 0.605. The van der Waals surface area contributed by atoms with E-state index in [2.05, 4.69) is 0 Å². The first kappa shape index (κ1) is 15.9. The van der Waals surface area contributed by atoms with Gasteiger partial charge in [-0.05, 0) is 49.7 Å². The molecule has 2 rings (SSSR count). The Balaban J connectivity index is 2.07. The summed E-state index contributed by atoms with van der Waals surface area (Å²) in [5, 5.41) is 0. The Hall–Kier alpha value is -1.52. The van der Waals surface area contributed by atoms with Gasteiger partial charge in [0.1, 0.15) is 6.10 Å². The van der Waals surface area contributed by atoms with E-state index in [9.17, 15) is 18.0 Å². The molecule has 5 heteroatoms. The summed E-state index contributed by atoms with van der Waals surface area (Å²) in [6, 6.07) is 2.23. The normalized spacial score (nSPS) is 22.1. The highest BCUT2D eigenvalue weighted by Gasteiger charge is 2.29. The largest absolute Gasteiger partial charge is 0.462 e. The van der Waals surface area contributed by atoms with Gasteiger partial charge in [0.15, 0.2) is 17.5 Å². The number of ether oxygens (including phenoxy) is 1. The molecule has 1 fully saturated rings. The van der Waals surface area contributed by atoms with Gasteiger partial charge in [0, 0.05) is 6.42 Å². The van der Waals surface area contributed by atoms with Crippen molar-refractivity contribution in [2.24, 2.45) is 0 Å². The van der Waals surface area contributed by atoms with Crippen molar-refractivity contribution in [3.63, 3.8) is 0 Å². The molecule has 1 aromatic carbocycles. The van der Waals surface area contributed by atoms with Crippen molar-refractivity contribution in [3.05, 3.63) is 35.1 Å². The molecule has 0 aromatic heterocycles. The number of benzene rings is 1. The van der Waals surface area contributed by atoms with Crippen molar-refractivity contribution >= 4 is 5.97 Å². The number of hydrogen-bond acceptors (Lipinski definition) is 2. The average molecular weight is 300 g/mol. The summed E-state index contributed by atoms with van der Waals surface area (Å²) >= 11 is 0. The van der Waals surface area contributed by atoms with Gasteiger partial charge in [0.2, 0.25) is 0 Å². The lowest BCUT2D eigenvalue weighted by Crippen LogP contribution is -2.25. The highest BCUT2D eigenvalue weighted by atomic mass is 19.2. The predicted octanol–water partition coefficient (Wildman–Crippen LogP) is 4.47. The minimum atomic E-state index is -1.43. The predicted molar refractivity (Wildman–Crippen MR) is 72.3 cm³/mol. The Kier molecular flexibility index (Phi) is 5.26. The Bertz CT molecular complexity index is 516. The van der Waals surface area contributed by atoms with E-state index < -0.39 is 17.5 Å². The van der Waals surface area contributed by atoms with Crippen LogP contribution in [0.4, 0.5) is 13.2 Å². The molecule has 1 aliphatic rings. The first-order valence-electron chi connectivity index (χ1n) is 7.35. The molecule has 2 nitrogen and oxygen atoms in total. The first-order valence-corrected chi connectivity index (χ1v) is 7.35. The molecule has 116 valence electrons. The van der Waals surface area contributed by atoms with Crippen LogP contribution in [-0.4, -0.2) is 12.1 Å². The summed E-state index contributed by atoms with van der Waals surface area (Å²) in [6.45, 7) is 1.89. The standard InChI is InChI=1S/C16H19F3O2/c1-2-4-14(20)21-11-6-3-5-10(9-11)12-7-8-13(17)16(19)15(12)18/h7-8,10-11H,2-6,9H2,1H3. The fourth-order valence-corrected chi connectivity index (χ4v) is 2.84. The molecule has 1 aromatic rings. The lowest BCUT2D eigenvalue weighted by atomic mass is 9.82. The molecule has 0 saturated heterocycles. The number of rotatable bonds is 4. The second-order valence-electron chi connectivity index (χ2n) is 5.49. The van der Waals surface area contributed by atoms with E-state index in [1.807, 2.05) is 6.92 Å². The maximum Gasteiger partial charge on any atom is 0.306 e. The SMILES string of the molecule is CCCC(=O)OC1CCCC(c2ccc(F)c(F)c2F)C1. The monoisotopic (exact) mass is 300 g/mol. The maximum atomic E-state index is 13.8. The van der Waals surface area contributed by atoms with Gasteiger partial charge in [-0.2, -0.15) is 0 Å². The Morgan fingerprint density at radius 2 is 2.00 bits per heavy atom. The van der Waals surface area contributed by atoms with Gasteiger partial charge >= 0.3 is 5.97 Å². The van der Waals surface area contributed by atoms with Gasteiger partial charge in [0.25, 0.3) is 0 Å². The summed E-state index contributed by atoms with van der Waals surface area (Å²) in [5.41, 5.74) is 0.171. The summed E-state index contributed by atoms with van der Waals surface area (Å²) in [6.07, 6.45) is 3.45. The van der Waals surface area contributed by atoms with E-state index in [-0.39, 0.29) is 23.6 Å². The molecule has 0 spiro atoms. The molecular formula is C16H19F3O2. The summed E-state index contributed by atoms with van der Waals surface area (Å²) in [5.74, 6) is -4.24. The molecule has 1 saturated carbocycles. The van der Waals surface area contributed by atoms with Crippen LogP contribution in [0.25, 0.3) is 0 Å². The van der Waals surface area contributed by atoms with Crippen LogP contribution in [0.3, 0.4) is 0 Å². The maximum absolute atomic E-state index is 13.8. The van der Waals surface area contributed by atoms with Gasteiger partial charge in [-0.3, -0.25) is 4.79 Å². The number of halogens is 3. The fourth-order valence-electron chi connectivity index (χ4n) is 2.84. The van der Waals surface area contributed by atoms with Crippen LogP contribution in [0, 0.1) is 17.5 Å². The van der Waals surface area contributed by atoms with Crippen LogP contribution in [0.2, 0.25) is 0 Å². The molecule has 0 bridgehead atoms. The minimum Gasteiger partial charge on any atom is -0.462 e. The van der Waals surface area contributed by atoms with Crippen molar-refractivity contribution < 1.29 is 22.7 Å². The van der Waals surface area contributed by atoms with E-state index in [0.717, 1.165) is 18.9 Å². The number of hydrogen-bond donors (Lipinski definition) is 0. The zero-order chi connectivity index (χ0) is 15.4. The third kappa shape index (κ3) is 3.77. The van der Waals surface area contributed by atoms with E-state index in [4.69, 9.17) is 4.74 Å². The van der Waals surface area contributed by atoms with E-state index in [1.165, 1.54) is 6.07 Å². The number of carbonyl (C=O) groups is 1. The van der Waals surface area contributed by atoms with Gasteiger partial charge in [-0.15, -0.1) is 0 Å². The van der Waals surface area contributed by atoms with Gasteiger partial charge < -0.3 is 4.74 Å². The molecule has 1 aliphatic carbocycles. The van der Waals surface area contributed by atoms with E-state index >= 15 is 0 Å². The van der Waals surface area contributed by atoms with Crippen LogP contribution >= 0.6 is 0 Å². The second kappa shape index (κ2) is 6.96. The van der Waals surface area contributed by atoms with Crippen molar-refractivity contribution in [1.29, 1.82) is 0 Å². The molecular weight excluding hydrogens is 281 g/mol. The van der Waals surface area contributed by atoms with Crippen molar-refractivity contribution in [2.45, 2.75) is 57.5 Å². The molecule has 0 heterocycles. The van der Waals surface area contributed by atoms with E-state index in [1.54, 1.807) is 0 Å². The minimum absolute atomic E-state index is 0.171. The Labute approximate surface area is 122 Å². The third-order valence-corrected chi connectivity index (χ3v) is 3.88. The number of carbonyl (C=O) groups excluding carboxylic acids is 1. The average Bonchev–Trinajstić information content (AvgIpc) is 2.45. The van der Waals surface area contributed by atoms with Crippen LogP contribution in [0.1, 0.15) is 56.9 Å². The Morgan fingerprint density at radius 3 is 2.71 bits per heavy atom. The van der Waals surface area contributed by atoms with Crippen LogP contribution < -0.4 is 0 Å². The second-order valence-corrected chi connectivity index (χ2v) is 5.49. The van der Waals surface area contributed by atoms with E-state index in [0.29, 0.717) is 25.7 Å². The van der Waals surface area contributed by atoms with Crippen LogP contribution in [0.15, 0.2) is 12.1 Å².